The van der Waals surface area contributed by atoms with Gasteiger partial charge in [-0.15, -0.1) is 0 Å². The van der Waals surface area contributed by atoms with Gasteiger partial charge in [-0.05, 0) is 37.5 Å². The number of benzene rings is 1. The van der Waals surface area contributed by atoms with Crippen LogP contribution >= 0.6 is 0 Å². The standard InChI is InChI=1S/C16H15F3N4O2/c17-16(18,19)9-2-1-3-10(7-9)21-13(24)8-4-5-12-11(6-8)14(25)23-15(20)22-12/h1-3,7-8,11H,4-6H2,(H,21,24)(H2,20,23,25). The molecule has 2 amide bonds. The highest BCUT2D eigenvalue weighted by Crippen LogP contribution is 2.32. The highest BCUT2D eigenvalue weighted by molar-refractivity contribution is 6.17. The Morgan fingerprint density at radius 2 is 2.12 bits per heavy atom. The van der Waals surface area contributed by atoms with Crippen molar-refractivity contribution in [3.63, 3.8) is 0 Å². The first-order chi connectivity index (χ1) is 11.7. The molecular formula is C16H15F3N4O2. The third kappa shape index (κ3) is 3.70. The molecule has 0 radical (unpaired) electrons. The number of halogens is 3. The van der Waals surface area contributed by atoms with Gasteiger partial charge in [0.05, 0.1) is 11.5 Å². The molecule has 1 aliphatic carbocycles. The number of amides is 2. The number of guanidine groups is 1. The number of nitrogens with one attached hydrogen (secondary N) is 3. The number of hydrogen-bond donors (Lipinski definition) is 3. The summed E-state index contributed by atoms with van der Waals surface area (Å²) in [5.74, 6) is -2.07. The summed E-state index contributed by atoms with van der Waals surface area (Å²) in [5.41, 5.74) is -0.195. The Labute approximate surface area is 141 Å². The average Bonchev–Trinajstić information content (AvgIpc) is 2.54. The summed E-state index contributed by atoms with van der Waals surface area (Å²) in [4.78, 5) is 28.3. The maximum Gasteiger partial charge on any atom is 0.416 e. The first-order valence-corrected chi connectivity index (χ1v) is 7.69. The lowest BCUT2D eigenvalue weighted by molar-refractivity contribution is -0.137. The van der Waals surface area contributed by atoms with Gasteiger partial charge in [-0.2, -0.15) is 13.2 Å². The lowest BCUT2D eigenvalue weighted by Crippen LogP contribution is -2.47. The molecule has 1 aliphatic heterocycles. The molecule has 132 valence electrons. The molecule has 1 aromatic carbocycles. The maximum absolute atomic E-state index is 12.7. The minimum absolute atomic E-state index is 0.0640. The highest BCUT2D eigenvalue weighted by Gasteiger charge is 2.38. The van der Waals surface area contributed by atoms with Crippen LogP contribution in [0.1, 0.15) is 24.8 Å². The van der Waals surface area contributed by atoms with Gasteiger partial charge in [0.25, 0.3) is 0 Å². The van der Waals surface area contributed by atoms with Gasteiger partial charge in [0, 0.05) is 17.3 Å². The van der Waals surface area contributed by atoms with Crippen LogP contribution in [0.25, 0.3) is 0 Å². The smallest absolute Gasteiger partial charge is 0.326 e. The van der Waals surface area contributed by atoms with Crippen LogP contribution in [0.4, 0.5) is 18.9 Å². The zero-order valence-corrected chi connectivity index (χ0v) is 13.0. The Bertz CT molecular complexity index is 773. The first-order valence-electron chi connectivity index (χ1n) is 7.69. The Kier molecular flexibility index (Phi) is 4.32. The number of aliphatic imine (C=N–C) groups is 1. The number of carbonyl (C=O) groups excluding carboxylic acids is 2. The second-order valence-corrected chi connectivity index (χ2v) is 6.03. The lowest BCUT2D eigenvalue weighted by Gasteiger charge is -2.31. The second-order valence-electron chi connectivity index (χ2n) is 6.03. The van der Waals surface area contributed by atoms with Gasteiger partial charge in [0.1, 0.15) is 0 Å². The SMILES string of the molecule is N=C1N=C2CCC(C(=O)Nc3cccc(C(F)(F)F)c3)CC2C(=O)N1. The monoisotopic (exact) mass is 352 g/mol. The molecule has 0 bridgehead atoms. The van der Waals surface area contributed by atoms with Gasteiger partial charge in [0.15, 0.2) is 0 Å². The fraction of sp³-hybridized carbons (Fsp3) is 0.375. The van der Waals surface area contributed by atoms with Crippen molar-refractivity contribution >= 4 is 29.2 Å². The summed E-state index contributed by atoms with van der Waals surface area (Å²) in [7, 11) is 0. The minimum atomic E-state index is -4.48. The van der Waals surface area contributed by atoms with Crippen molar-refractivity contribution in [1.29, 1.82) is 5.41 Å². The van der Waals surface area contributed by atoms with Crippen molar-refractivity contribution in [2.45, 2.75) is 25.4 Å². The van der Waals surface area contributed by atoms with Crippen LogP contribution in [-0.4, -0.2) is 23.5 Å². The minimum Gasteiger partial charge on any atom is -0.326 e. The van der Waals surface area contributed by atoms with E-state index in [0.29, 0.717) is 18.6 Å². The first kappa shape index (κ1) is 17.1. The summed E-state index contributed by atoms with van der Waals surface area (Å²) in [6.07, 6.45) is -3.42. The number of rotatable bonds is 2. The van der Waals surface area contributed by atoms with E-state index in [1.54, 1.807) is 0 Å². The number of carbonyl (C=O) groups is 2. The molecule has 1 saturated carbocycles. The fourth-order valence-electron chi connectivity index (χ4n) is 3.06. The quantitative estimate of drug-likeness (QED) is 0.763. The predicted molar refractivity (Wildman–Crippen MR) is 84.2 cm³/mol. The van der Waals surface area contributed by atoms with Gasteiger partial charge in [-0.1, -0.05) is 6.07 Å². The third-order valence-electron chi connectivity index (χ3n) is 4.31. The molecule has 0 aromatic heterocycles. The van der Waals surface area contributed by atoms with E-state index in [-0.39, 0.29) is 24.0 Å². The van der Waals surface area contributed by atoms with E-state index in [4.69, 9.17) is 5.41 Å². The Hall–Kier alpha value is -2.71. The van der Waals surface area contributed by atoms with E-state index in [0.717, 1.165) is 12.1 Å². The fourth-order valence-corrected chi connectivity index (χ4v) is 3.06. The molecule has 6 nitrogen and oxygen atoms in total. The van der Waals surface area contributed by atoms with E-state index in [9.17, 15) is 22.8 Å². The molecule has 1 heterocycles. The van der Waals surface area contributed by atoms with E-state index >= 15 is 0 Å². The van der Waals surface area contributed by atoms with Crippen LogP contribution in [0.15, 0.2) is 29.3 Å². The summed E-state index contributed by atoms with van der Waals surface area (Å²) >= 11 is 0. The van der Waals surface area contributed by atoms with Crippen LogP contribution in [0, 0.1) is 17.2 Å². The van der Waals surface area contributed by atoms with E-state index < -0.39 is 29.5 Å². The Morgan fingerprint density at radius 3 is 2.84 bits per heavy atom. The van der Waals surface area contributed by atoms with E-state index in [1.165, 1.54) is 12.1 Å². The van der Waals surface area contributed by atoms with Crippen LogP contribution in [0.3, 0.4) is 0 Å². The molecular weight excluding hydrogens is 337 g/mol. The molecule has 2 unspecified atom stereocenters. The molecule has 3 rings (SSSR count). The van der Waals surface area contributed by atoms with Gasteiger partial charge >= 0.3 is 6.18 Å². The number of hydrogen-bond acceptors (Lipinski definition) is 3. The van der Waals surface area contributed by atoms with Crippen molar-refractivity contribution in [2.75, 3.05) is 5.32 Å². The van der Waals surface area contributed by atoms with Crippen molar-refractivity contribution in [3.8, 4) is 0 Å². The zero-order valence-electron chi connectivity index (χ0n) is 13.0. The van der Waals surface area contributed by atoms with Crippen molar-refractivity contribution in [2.24, 2.45) is 16.8 Å². The van der Waals surface area contributed by atoms with Gasteiger partial charge in [-0.25, -0.2) is 4.99 Å². The highest BCUT2D eigenvalue weighted by atomic mass is 19.4. The number of fused-ring (bicyclic) bond motifs is 1. The maximum atomic E-state index is 12.7. The van der Waals surface area contributed by atoms with Crippen molar-refractivity contribution < 1.29 is 22.8 Å². The van der Waals surface area contributed by atoms with Gasteiger partial charge in [-0.3, -0.25) is 20.3 Å². The Morgan fingerprint density at radius 1 is 1.36 bits per heavy atom. The summed E-state index contributed by atoms with van der Waals surface area (Å²) in [6.45, 7) is 0. The molecule has 3 N–H and O–H groups in total. The van der Waals surface area contributed by atoms with Gasteiger partial charge < -0.3 is 5.32 Å². The average molecular weight is 352 g/mol. The van der Waals surface area contributed by atoms with Crippen LogP contribution in [-0.2, 0) is 15.8 Å². The molecule has 2 aliphatic rings. The summed E-state index contributed by atoms with van der Waals surface area (Å²) in [6, 6.07) is 4.42. The molecule has 0 spiro atoms. The molecule has 9 heteroatoms. The summed E-state index contributed by atoms with van der Waals surface area (Å²) in [5, 5.41) is 12.2. The molecule has 1 fully saturated rings. The van der Waals surface area contributed by atoms with Crippen molar-refractivity contribution in [1.82, 2.24) is 5.32 Å². The molecule has 2 atom stereocenters. The number of nitrogens with zero attached hydrogens (tertiary/aromatic N) is 1. The summed E-state index contributed by atoms with van der Waals surface area (Å²) < 4.78 is 38.2. The normalized spacial score (nSPS) is 23.4. The van der Waals surface area contributed by atoms with Crippen LogP contribution in [0.2, 0.25) is 0 Å². The topological polar surface area (TPSA) is 94.4 Å². The third-order valence-corrected chi connectivity index (χ3v) is 4.31. The van der Waals surface area contributed by atoms with Gasteiger partial charge in [0.2, 0.25) is 17.8 Å². The van der Waals surface area contributed by atoms with Crippen LogP contribution < -0.4 is 10.6 Å². The Balaban J connectivity index is 1.70. The second kappa shape index (κ2) is 6.30. The lowest BCUT2D eigenvalue weighted by atomic mass is 9.78. The zero-order chi connectivity index (χ0) is 18.2. The number of anilines is 1. The largest absolute Gasteiger partial charge is 0.416 e. The molecule has 25 heavy (non-hydrogen) atoms. The molecule has 0 saturated heterocycles. The molecule has 1 aromatic rings. The van der Waals surface area contributed by atoms with E-state index in [2.05, 4.69) is 15.6 Å². The number of alkyl halides is 3. The van der Waals surface area contributed by atoms with E-state index in [1.807, 2.05) is 0 Å². The van der Waals surface area contributed by atoms with Crippen LogP contribution in [0.5, 0.6) is 0 Å². The van der Waals surface area contributed by atoms with Crippen molar-refractivity contribution in [3.05, 3.63) is 29.8 Å². The predicted octanol–water partition coefficient (Wildman–Crippen LogP) is 2.57.